The van der Waals surface area contributed by atoms with Crippen LogP contribution in [0.25, 0.3) is 0 Å². The predicted octanol–water partition coefficient (Wildman–Crippen LogP) is 1.81. The molecule has 0 aliphatic rings. The normalized spacial score (nSPS) is 11.6. The van der Waals surface area contributed by atoms with Crippen LogP contribution in [-0.2, 0) is 0 Å². The summed E-state index contributed by atoms with van der Waals surface area (Å²) in [5.74, 6) is 0. The van der Waals surface area contributed by atoms with E-state index in [0.717, 1.165) is 13.1 Å². The molecule has 0 saturated carbocycles. The van der Waals surface area contributed by atoms with Crippen LogP contribution in [-0.4, -0.2) is 62.3 Å². The first kappa shape index (κ1) is 15.9. The number of likely N-dealkylation sites (N-methyl/N-ethyl adjacent to an activating group) is 1. The fourth-order valence-corrected chi connectivity index (χ4v) is 1.80. The van der Waals surface area contributed by atoms with Gasteiger partial charge in [0.05, 0.1) is 6.61 Å². The van der Waals surface area contributed by atoms with E-state index in [-0.39, 0.29) is 6.61 Å². The molecule has 0 unspecified atom stereocenters. The molecule has 0 atom stereocenters. The largest absolute Gasteiger partial charge is 0.395 e. The van der Waals surface area contributed by atoms with Crippen molar-refractivity contribution in [1.29, 1.82) is 0 Å². The quantitative estimate of drug-likeness (QED) is 0.548. The number of aliphatic hydroxyl groups is 1. The van der Waals surface area contributed by atoms with E-state index in [9.17, 15) is 0 Å². The van der Waals surface area contributed by atoms with Crippen molar-refractivity contribution in [2.45, 2.75) is 38.5 Å². The summed E-state index contributed by atoms with van der Waals surface area (Å²) in [5, 5.41) is 8.74. The second kappa shape index (κ2) is 11.4. The highest BCUT2D eigenvalue weighted by atomic mass is 16.3. The maximum Gasteiger partial charge on any atom is 0.0558 e. The van der Waals surface area contributed by atoms with Crippen LogP contribution < -0.4 is 0 Å². The molecule has 1 N–H and O–H groups in total. The van der Waals surface area contributed by atoms with Crippen LogP contribution in [0.3, 0.4) is 0 Å². The van der Waals surface area contributed by atoms with Crippen LogP contribution in [0.4, 0.5) is 0 Å². The van der Waals surface area contributed by atoms with Crippen LogP contribution in [0.2, 0.25) is 0 Å². The third-order valence-corrected chi connectivity index (χ3v) is 2.88. The number of rotatable bonds is 11. The first-order chi connectivity index (χ1) is 7.66. The fourth-order valence-electron chi connectivity index (χ4n) is 1.80. The zero-order valence-electron chi connectivity index (χ0n) is 11.4. The Morgan fingerprint density at radius 2 is 1.19 bits per heavy atom. The maximum atomic E-state index is 8.74. The number of aliphatic hydroxyl groups excluding tert-OH is 1. The summed E-state index contributed by atoms with van der Waals surface area (Å²) in [6.07, 6.45) is 8.03. The van der Waals surface area contributed by atoms with Crippen molar-refractivity contribution in [2.24, 2.45) is 0 Å². The summed E-state index contributed by atoms with van der Waals surface area (Å²) in [5.41, 5.74) is 0. The number of hydrogen-bond donors (Lipinski definition) is 1. The van der Waals surface area contributed by atoms with Gasteiger partial charge in [-0.3, -0.25) is 0 Å². The predicted molar refractivity (Wildman–Crippen MR) is 70.8 cm³/mol. The molecule has 0 heterocycles. The second-order valence-corrected chi connectivity index (χ2v) is 4.95. The minimum atomic E-state index is 0.279. The Labute approximate surface area is 101 Å². The SMILES string of the molecule is CN(C)CCCCCCCCN(C)CCO. The van der Waals surface area contributed by atoms with Gasteiger partial charge in [-0.1, -0.05) is 25.7 Å². The van der Waals surface area contributed by atoms with Crippen molar-refractivity contribution in [1.82, 2.24) is 9.80 Å². The molecule has 0 aromatic rings. The van der Waals surface area contributed by atoms with Crippen LogP contribution in [0.15, 0.2) is 0 Å². The third kappa shape index (κ3) is 12.0. The van der Waals surface area contributed by atoms with E-state index in [0.29, 0.717) is 0 Å². The van der Waals surface area contributed by atoms with E-state index >= 15 is 0 Å². The van der Waals surface area contributed by atoms with Crippen molar-refractivity contribution in [3.63, 3.8) is 0 Å². The molecule has 3 nitrogen and oxygen atoms in total. The Kier molecular flexibility index (Phi) is 11.3. The number of hydrogen-bond acceptors (Lipinski definition) is 3. The van der Waals surface area contributed by atoms with Crippen molar-refractivity contribution >= 4 is 0 Å². The summed E-state index contributed by atoms with van der Waals surface area (Å²) >= 11 is 0. The first-order valence-electron chi connectivity index (χ1n) is 6.61. The molecule has 16 heavy (non-hydrogen) atoms. The summed E-state index contributed by atoms with van der Waals surface area (Å²) < 4.78 is 0. The molecule has 98 valence electrons. The third-order valence-electron chi connectivity index (χ3n) is 2.88. The molecule has 0 amide bonds. The van der Waals surface area contributed by atoms with Gasteiger partial charge in [0.15, 0.2) is 0 Å². The minimum Gasteiger partial charge on any atom is -0.395 e. The lowest BCUT2D eigenvalue weighted by molar-refractivity contribution is 0.219. The van der Waals surface area contributed by atoms with Gasteiger partial charge in [0.2, 0.25) is 0 Å². The van der Waals surface area contributed by atoms with Gasteiger partial charge in [-0.15, -0.1) is 0 Å². The van der Waals surface area contributed by atoms with Gasteiger partial charge in [-0.25, -0.2) is 0 Å². The Morgan fingerprint density at radius 1 is 0.688 bits per heavy atom. The molecule has 0 saturated heterocycles. The van der Waals surface area contributed by atoms with Crippen LogP contribution in [0.5, 0.6) is 0 Å². The Hall–Kier alpha value is -0.120. The number of unbranched alkanes of at least 4 members (excludes halogenated alkanes) is 5. The van der Waals surface area contributed by atoms with E-state index in [1.807, 2.05) is 0 Å². The highest BCUT2D eigenvalue weighted by Crippen LogP contribution is 2.06. The van der Waals surface area contributed by atoms with Gasteiger partial charge in [0.25, 0.3) is 0 Å². The fraction of sp³-hybridized carbons (Fsp3) is 1.00. The van der Waals surface area contributed by atoms with Crippen LogP contribution in [0, 0.1) is 0 Å². The van der Waals surface area contributed by atoms with E-state index in [2.05, 4.69) is 30.9 Å². The van der Waals surface area contributed by atoms with Crippen LogP contribution >= 0.6 is 0 Å². The Bertz CT molecular complexity index is 140. The first-order valence-corrected chi connectivity index (χ1v) is 6.61. The molecular weight excluding hydrogens is 200 g/mol. The molecule has 0 rings (SSSR count). The zero-order valence-corrected chi connectivity index (χ0v) is 11.4. The van der Waals surface area contributed by atoms with E-state index in [1.165, 1.54) is 45.1 Å². The van der Waals surface area contributed by atoms with E-state index in [1.54, 1.807) is 0 Å². The molecule has 0 spiro atoms. The van der Waals surface area contributed by atoms with Gasteiger partial charge in [-0.2, -0.15) is 0 Å². The summed E-state index contributed by atoms with van der Waals surface area (Å²) in [4.78, 5) is 4.45. The highest BCUT2D eigenvalue weighted by Gasteiger charge is 1.97. The highest BCUT2D eigenvalue weighted by molar-refractivity contribution is 4.52. The lowest BCUT2D eigenvalue weighted by Crippen LogP contribution is -2.23. The average Bonchev–Trinajstić information content (AvgIpc) is 2.22. The van der Waals surface area contributed by atoms with E-state index in [4.69, 9.17) is 5.11 Å². The van der Waals surface area contributed by atoms with Crippen molar-refractivity contribution in [2.75, 3.05) is 47.4 Å². The van der Waals surface area contributed by atoms with Gasteiger partial charge < -0.3 is 14.9 Å². The Balaban J connectivity index is 3.04. The van der Waals surface area contributed by atoms with E-state index < -0.39 is 0 Å². The van der Waals surface area contributed by atoms with Crippen molar-refractivity contribution in [3.8, 4) is 0 Å². The zero-order chi connectivity index (χ0) is 12.2. The van der Waals surface area contributed by atoms with Crippen LogP contribution in [0.1, 0.15) is 38.5 Å². The van der Waals surface area contributed by atoms with Gasteiger partial charge in [-0.05, 0) is 47.1 Å². The lowest BCUT2D eigenvalue weighted by atomic mass is 10.1. The molecule has 3 heteroatoms. The second-order valence-electron chi connectivity index (χ2n) is 4.95. The van der Waals surface area contributed by atoms with Crippen molar-refractivity contribution in [3.05, 3.63) is 0 Å². The molecular formula is C13H30N2O. The average molecular weight is 230 g/mol. The van der Waals surface area contributed by atoms with Gasteiger partial charge in [0, 0.05) is 6.54 Å². The molecule has 0 aliphatic heterocycles. The monoisotopic (exact) mass is 230 g/mol. The summed E-state index contributed by atoms with van der Waals surface area (Å²) in [6.45, 7) is 3.43. The standard InChI is InChI=1S/C13H30N2O/c1-14(2)10-8-6-4-5-7-9-11-15(3)12-13-16/h16H,4-13H2,1-3H3. The lowest BCUT2D eigenvalue weighted by Gasteiger charge is -2.14. The van der Waals surface area contributed by atoms with Crippen molar-refractivity contribution < 1.29 is 5.11 Å². The smallest absolute Gasteiger partial charge is 0.0558 e. The topological polar surface area (TPSA) is 26.7 Å². The molecule has 0 bridgehead atoms. The minimum absolute atomic E-state index is 0.279. The molecule has 0 aliphatic carbocycles. The van der Waals surface area contributed by atoms with Gasteiger partial charge >= 0.3 is 0 Å². The Morgan fingerprint density at radius 3 is 1.69 bits per heavy atom. The summed E-state index contributed by atoms with van der Waals surface area (Å²) in [6, 6.07) is 0. The molecule has 0 radical (unpaired) electrons. The maximum absolute atomic E-state index is 8.74. The number of nitrogens with zero attached hydrogens (tertiary/aromatic N) is 2. The molecule has 0 aromatic carbocycles. The molecule has 0 fully saturated rings. The summed E-state index contributed by atoms with van der Waals surface area (Å²) in [7, 11) is 6.35. The molecule has 0 aromatic heterocycles. The van der Waals surface area contributed by atoms with Gasteiger partial charge in [0.1, 0.15) is 0 Å².